The topological polar surface area (TPSA) is 72.0 Å². The second kappa shape index (κ2) is 12.1. The molecule has 0 saturated heterocycles. The van der Waals surface area contributed by atoms with Crippen LogP contribution in [0.2, 0.25) is 0 Å². The molecule has 24 heavy (non-hydrogen) atoms. The van der Waals surface area contributed by atoms with Crippen LogP contribution in [-0.4, -0.2) is 52.9 Å². The van der Waals surface area contributed by atoms with Gasteiger partial charge in [0.1, 0.15) is 0 Å². The smallest absolute Gasteiger partial charge is 0.305 e. The second-order valence-corrected chi connectivity index (χ2v) is 6.69. The number of aliphatic imine (C=N–C) groups is 1. The highest BCUT2D eigenvalue weighted by Gasteiger charge is 2.33. The summed E-state index contributed by atoms with van der Waals surface area (Å²) in [5.74, 6) is 0.741. The lowest BCUT2D eigenvalue weighted by molar-refractivity contribution is -0.140. The Labute approximate surface area is 146 Å². The molecule has 0 heterocycles. The summed E-state index contributed by atoms with van der Waals surface area (Å²) in [7, 11) is 5.02. The molecule has 1 saturated carbocycles. The standard InChI is InChI=1S/C18H35N3O3/c1-19-17(20-13-8-4-5-9-16(22)24-3)21-15-18(12-14-23-2)10-6-7-11-18/h4-15H2,1-3H3,(H2,19,20,21). The van der Waals surface area contributed by atoms with Crippen LogP contribution in [0.5, 0.6) is 0 Å². The molecule has 0 radical (unpaired) electrons. The number of unbranched alkanes of at least 4 members (excludes halogenated alkanes) is 2. The highest BCUT2D eigenvalue weighted by atomic mass is 16.5. The molecule has 0 spiro atoms. The Balaban J connectivity index is 2.21. The third-order valence-corrected chi connectivity index (χ3v) is 4.93. The number of guanidine groups is 1. The van der Waals surface area contributed by atoms with Crippen LogP contribution >= 0.6 is 0 Å². The molecular formula is C18H35N3O3. The molecule has 0 aromatic rings. The van der Waals surface area contributed by atoms with Gasteiger partial charge in [0.05, 0.1) is 7.11 Å². The first-order valence-corrected chi connectivity index (χ1v) is 9.16. The average Bonchev–Trinajstić information content (AvgIpc) is 3.07. The van der Waals surface area contributed by atoms with E-state index in [-0.39, 0.29) is 5.97 Å². The lowest BCUT2D eigenvalue weighted by Gasteiger charge is -2.30. The number of hydrogen-bond donors (Lipinski definition) is 2. The fourth-order valence-electron chi connectivity index (χ4n) is 3.33. The van der Waals surface area contributed by atoms with Crippen LogP contribution in [-0.2, 0) is 14.3 Å². The highest BCUT2D eigenvalue weighted by Crippen LogP contribution is 2.40. The first kappa shape index (κ1) is 20.7. The van der Waals surface area contributed by atoms with E-state index in [0.717, 1.165) is 51.3 Å². The summed E-state index contributed by atoms with van der Waals surface area (Å²) >= 11 is 0. The van der Waals surface area contributed by atoms with Crippen molar-refractivity contribution >= 4 is 11.9 Å². The van der Waals surface area contributed by atoms with Gasteiger partial charge in [-0.2, -0.15) is 0 Å². The van der Waals surface area contributed by atoms with E-state index in [1.165, 1.54) is 32.8 Å². The van der Waals surface area contributed by atoms with Gasteiger partial charge in [-0.1, -0.05) is 19.3 Å². The van der Waals surface area contributed by atoms with E-state index < -0.39 is 0 Å². The predicted octanol–water partition coefficient (Wildman–Crippen LogP) is 2.48. The first-order valence-electron chi connectivity index (χ1n) is 9.16. The number of rotatable bonds is 11. The van der Waals surface area contributed by atoms with Crippen LogP contribution in [0.4, 0.5) is 0 Å². The molecule has 0 aromatic heterocycles. The summed E-state index contributed by atoms with van der Waals surface area (Å²) in [6.07, 6.45) is 9.70. The Bertz CT molecular complexity index is 380. The minimum absolute atomic E-state index is 0.127. The zero-order chi connectivity index (χ0) is 17.7. The number of carbonyl (C=O) groups is 1. The lowest BCUT2D eigenvalue weighted by Crippen LogP contribution is -2.43. The molecule has 0 unspecified atom stereocenters. The maximum absolute atomic E-state index is 11.0. The van der Waals surface area contributed by atoms with Crippen molar-refractivity contribution in [3.05, 3.63) is 0 Å². The van der Waals surface area contributed by atoms with Gasteiger partial charge < -0.3 is 20.1 Å². The number of carbonyl (C=O) groups excluding carboxylic acids is 1. The van der Waals surface area contributed by atoms with Crippen molar-refractivity contribution in [2.45, 2.75) is 57.8 Å². The van der Waals surface area contributed by atoms with Crippen LogP contribution in [0.3, 0.4) is 0 Å². The van der Waals surface area contributed by atoms with E-state index in [9.17, 15) is 4.79 Å². The van der Waals surface area contributed by atoms with Crippen molar-refractivity contribution in [3.8, 4) is 0 Å². The zero-order valence-corrected chi connectivity index (χ0v) is 15.7. The third-order valence-electron chi connectivity index (χ3n) is 4.93. The Morgan fingerprint density at radius 2 is 1.88 bits per heavy atom. The summed E-state index contributed by atoms with van der Waals surface area (Å²) in [5.41, 5.74) is 0.355. The largest absolute Gasteiger partial charge is 0.469 e. The van der Waals surface area contributed by atoms with E-state index in [1.807, 2.05) is 7.05 Å². The molecule has 6 heteroatoms. The minimum atomic E-state index is -0.127. The van der Waals surface area contributed by atoms with Crippen molar-refractivity contribution in [2.24, 2.45) is 10.4 Å². The highest BCUT2D eigenvalue weighted by molar-refractivity contribution is 5.79. The van der Waals surface area contributed by atoms with Crippen LogP contribution in [0, 0.1) is 5.41 Å². The maximum atomic E-state index is 11.0. The number of ether oxygens (including phenoxy) is 2. The molecular weight excluding hydrogens is 306 g/mol. The van der Waals surface area contributed by atoms with E-state index in [4.69, 9.17) is 4.74 Å². The molecule has 1 rings (SSSR count). The fourth-order valence-corrected chi connectivity index (χ4v) is 3.33. The second-order valence-electron chi connectivity index (χ2n) is 6.69. The van der Waals surface area contributed by atoms with Crippen molar-refractivity contribution in [1.82, 2.24) is 10.6 Å². The monoisotopic (exact) mass is 341 g/mol. The average molecular weight is 341 g/mol. The summed E-state index contributed by atoms with van der Waals surface area (Å²) in [6.45, 7) is 2.65. The van der Waals surface area contributed by atoms with Gasteiger partial charge >= 0.3 is 5.97 Å². The summed E-state index contributed by atoms with van der Waals surface area (Å²) in [4.78, 5) is 15.3. The Morgan fingerprint density at radius 3 is 2.50 bits per heavy atom. The fraction of sp³-hybridized carbons (Fsp3) is 0.889. The van der Waals surface area contributed by atoms with Crippen LogP contribution < -0.4 is 10.6 Å². The molecule has 0 aromatic carbocycles. The number of nitrogens with one attached hydrogen (secondary N) is 2. The van der Waals surface area contributed by atoms with Gasteiger partial charge in [0, 0.05) is 40.3 Å². The number of esters is 1. The Hall–Kier alpha value is -1.30. The van der Waals surface area contributed by atoms with Gasteiger partial charge in [-0.05, 0) is 37.5 Å². The van der Waals surface area contributed by atoms with Gasteiger partial charge in [-0.15, -0.1) is 0 Å². The van der Waals surface area contributed by atoms with E-state index in [0.29, 0.717) is 11.8 Å². The zero-order valence-electron chi connectivity index (χ0n) is 15.7. The quantitative estimate of drug-likeness (QED) is 0.261. The van der Waals surface area contributed by atoms with Crippen LogP contribution in [0.1, 0.15) is 57.8 Å². The van der Waals surface area contributed by atoms with Gasteiger partial charge in [-0.25, -0.2) is 0 Å². The summed E-state index contributed by atoms with van der Waals surface area (Å²) in [6, 6.07) is 0. The predicted molar refractivity (Wildman–Crippen MR) is 97.2 cm³/mol. The van der Waals surface area contributed by atoms with Crippen molar-refractivity contribution in [3.63, 3.8) is 0 Å². The molecule has 0 atom stereocenters. The molecule has 1 aliphatic carbocycles. The Morgan fingerprint density at radius 1 is 1.12 bits per heavy atom. The number of hydrogen-bond acceptors (Lipinski definition) is 4. The van der Waals surface area contributed by atoms with E-state index in [2.05, 4.69) is 20.4 Å². The molecule has 1 aliphatic rings. The van der Waals surface area contributed by atoms with Crippen molar-refractivity contribution in [1.29, 1.82) is 0 Å². The van der Waals surface area contributed by atoms with Crippen molar-refractivity contribution in [2.75, 3.05) is 41.0 Å². The van der Waals surface area contributed by atoms with Gasteiger partial charge in [-0.3, -0.25) is 9.79 Å². The molecule has 2 N–H and O–H groups in total. The molecule has 0 bridgehead atoms. The normalized spacial score (nSPS) is 16.9. The van der Waals surface area contributed by atoms with Gasteiger partial charge in [0.2, 0.25) is 0 Å². The SMILES string of the molecule is CN=C(NCCCCCC(=O)OC)NCC1(CCOC)CCCC1. The maximum Gasteiger partial charge on any atom is 0.305 e. The van der Waals surface area contributed by atoms with Crippen LogP contribution in [0.25, 0.3) is 0 Å². The summed E-state index contributed by atoms with van der Waals surface area (Å²) < 4.78 is 9.92. The van der Waals surface area contributed by atoms with Gasteiger partial charge in [0.25, 0.3) is 0 Å². The van der Waals surface area contributed by atoms with E-state index >= 15 is 0 Å². The Kier molecular flexibility index (Phi) is 10.5. The van der Waals surface area contributed by atoms with Crippen LogP contribution in [0.15, 0.2) is 4.99 Å². The molecule has 6 nitrogen and oxygen atoms in total. The number of nitrogens with zero attached hydrogens (tertiary/aromatic N) is 1. The van der Waals surface area contributed by atoms with Gasteiger partial charge in [0.15, 0.2) is 5.96 Å². The molecule has 0 aliphatic heterocycles. The van der Waals surface area contributed by atoms with E-state index in [1.54, 1.807) is 7.11 Å². The summed E-state index contributed by atoms with van der Waals surface area (Å²) in [5, 5.41) is 6.85. The molecule has 140 valence electrons. The van der Waals surface area contributed by atoms with Crippen molar-refractivity contribution < 1.29 is 14.3 Å². The first-order chi connectivity index (χ1) is 11.7. The molecule has 1 fully saturated rings. The third kappa shape index (κ3) is 7.99. The molecule has 0 amide bonds. The number of methoxy groups -OCH3 is 2. The lowest BCUT2D eigenvalue weighted by atomic mass is 9.83. The minimum Gasteiger partial charge on any atom is -0.469 e.